The molecule has 4 nitrogen and oxygen atoms in total. The molecule has 4 heteroatoms. The summed E-state index contributed by atoms with van der Waals surface area (Å²) in [7, 11) is 0. The molecule has 2 N–H and O–H groups in total. The minimum absolute atomic E-state index is 0.0849. The van der Waals surface area contributed by atoms with Crippen LogP contribution in [0.4, 0.5) is 0 Å². The fourth-order valence-electron chi connectivity index (χ4n) is 1.89. The molecule has 0 radical (unpaired) electrons. The van der Waals surface area contributed by atoms with Crippen molar-refractivity contribution in [3.8, 4) is 0 Å². The number of amides is 1. The van der Waals surface area contributed by atoms with Gasteiger partial charge >= 0.3 is 0 Å². The summed E-state index contributed by atoms with van der Waals surface area (Å²) < 4.78 is 0. The molecule has 1 aliphatic heterocycles. The zero-order chi connectivity index (χ0) is 11.4. The zero-order valence-electron chi connectivity index (χ0n) is 9.44. The van der Waals surface area contributed by atoms with Crippen LogP contribution in [-0.4, -0.2) is 30.0 Å². The summed E-state index contributed by atoms with van der Waals surface area (Å²) in [6.07, 6.45) is 4.48. The highest BCUT2D eigenvalue weighted by Crippen LogP contribution is 2.14. The molecular formula is C12H17N3O. The third kappa shape index (κ3) is 2.58. The van der Waals surface area contributed by atoms with Gasteiger partial charge in [0.1, 0.15) is 0 Å². The van der Waals surface area contributed by atoms with Crippen LogP contribution >= 0.6 is 0 Å². The normalized spacial score (nSPS) is 21.7. The van der Waals surface area contributed by atoms with Crippen molar-refractivity contribution < 1.29 is 4.79 Å². The summed E-state index contributed by atoms with van der Waals surface area (Å²) in [5, 5.41) is 6.28. The SMILES string of the molecule is CC(C(=O)NC1CCNC1)c1cccnc1. The molecule has 2 heterocycles. The number of nitrogens with one attached hydrogen (secondary N) is 2. The molecule has 86 valence electrons. The van der Waals surface area contributed by atoms with E-state index in [-0.39, 0.29) is 17.9 Å². The van der Waals surface area contributed by atoms with Crippen LogP contribution in [0.3, 0.4) is 0 Å². The van der Waals surface area contributed by atoms with Crippen LogP contribution in [0.2, 0.25) is 0 Å². The molecule has 2 atom stereocenters. The number of hydrogen-bond acceptors (Lipinski definition) is 3. The predicted octanol–water partition coefficient (Wildman–Crippen LogP) is 0.663. The molecule has 0 aliphatic carbocycles. The van der Waals surface area contributed by atoms with E-state index in [2.05, 4.69) is 15.6 Å². The van der Waals surface area contributed by atoms with Gasteiger partial charge in [-0.3, -0.25) is 9.78 Å². The van der Waals surface area contributed by atoms with Gasteiger partial charge in [0.25, 0.3) is 0 Å². The number of pyridine rings is 1. The molecule has 0 saturated carbocycles. The van der Waals surface area contributed by atoms with E-state index in [9.17, 15) is 4.79 Å². The van der Waals surface area contributed by atoms with Crippen LogP contribution < -0.4 is 10.6 Å². The average Bonchev–Trinajstić information content (AvgIpc) is 2.82. The lowest BCUT2D eigenvalue weighted by Crippen LogP contribution is -2.38. The number of carbonyl (C=O) groups is 1. The second kappa shape index (κ2) is 5.07. The van der Waals surface area contributed by atoms with E-state index in [0.717, 1.165) is 25.1 Å². The maximum Gasteiger partial charge on any atom is 0.227 e. The molecule has 1 saturated heterocycles. The standard InChI is InChI=1S/C12H17N3O/c1-9(10-3-2-5-13-7-10)12(16)15-11-4-6-14-8-11/h2-3,5,7,9,11,14H,4,6,8H2,1H3,(H,15,16). The molecule has 1 fully saturated rings. The molecule has 2 unspecified atom stereocenters. The molecule has 1 aromatic rings. The number of carbonyl (C=O) groups excluding carboxylic acids is 1. The molecule has 1 amide bonds. The lowest BCUT2D eigenvalue weighted by Gasteiger charge is -2.16. The molecule has 1 aliphatic rings. The summed E-state index contributed by atoms with van der Waals surface area (Å²) in [6, 6.07) is 4.08. The second-order valence-corrected chi connectivity index (χ2v) is 4.21. The fraction of sp³-hybridized carbons (Fsp3) is 0.500. The van der Waals surface area contributed by atoms with Gasteiger partial charge in [0.2, 0.25) is 5.91 Å². The molecular weight excluding hydrogens is 202 g/mol. The van der Waals surface area contributed by atoms with E-state index in [0.29, 0.717) is 0 Å². The molecule has 0 bridgehead atoms. The first-order chi connectivity index (χ1) is 7.77. The molecule has 16 heavy (non-hydrogen) atoms. The predicted molar refractivity (Wildman–Crippen MR) is 62.1 cm³/mol. The Morgan fingerprint density at radius 1 is 1.69 bits per heavy atom. The van der Waals surface area contributed by atoms with E-state index >= 15 is 0 Å². The molecule has 2 rings (SSSR count). The minimum Gasteiger partial charge on any atom is -0.352 e. The van der Waals surface area contributed by atoms with Gasteiger partial charge in [-0.25, -0.2) is 0 Å². The first-order valence-electron chi connectivity index (χ1n) is 5.68. The smallest absolute Gasteiger partial charge is 0.227 e. The summed E-state index contributed by atoms with van der Waals surface area (Å²) in [4.78, 5) is 16.0. The highest BCUT2D eigenvalue weighted by molar-refractivity contribution is 5.83. The fourth-order valence-corrected chi connectivity index (χ4v) is 1.89. The lowest BCUT2D eigenvalue weighted by atomic mass is 10.0. The topological polar surface area (TPSA) is 54.0 Å². The zero-order valence-corrected chi connectivity index (χ0v) is 9.44. The van der Waals surface area contributed by atoms with Crippen LogP contribution in [-0.2, 0) is 4.79 Å². The van der Waals surface area contributed by atoms with Crippen molar-refractivity contribution in [2.45, 2.75) is 25.3 Å². The highest BCUT2D eigenvalue weighted by Gasteiger charge is 2.21. The Morgan fingerprint density at radius 3 is 3.19 bits per heavy atom. The Labute approximate surface area is 95.5 Å². The van der Waals surface area contributed by atoms with Crippen molar-refractivity contribution in [1.29, 1.82) is 0 Å². The highest BCUT2D eigenvalue weighted by atomic mass is 16.1. The van der Waals surface area contributed by atoms with Crippen molar-refractivity contribution in [2.24, 2.45) is 0 Å². The van der Waals surface area contributed by atoms with Gasteiger partial charge in [-0.15, -0.1) is 0 Å². The monoisotopic (exact) mass is 219 g/mol. The third-order valence-corrected chi connectivity index (χ3v) is 2.98. The van der Waals surface area contributed by atoms with E-state index < -0.39 is 0 Å². The first kappa shape index (κ1) is 11.1. The van der Waals surface area contributed by atoms with Gasteiger partial charge in [0.15, 0.2) is 0 Å². The Bertz CT molecular complexity index is 347. The Hall–Kier alpha value is -1.42. The Balaban J connectivity index is 1.94. The number of aromatic nitrogens is 1. The van der Waals surface area contributed by atoms with Crippen molar-refractivity contribution in [2.75, 3.05) is 13.1 Å². The maximum atomic E-state index is 11.9. The van der Waals surface area contributed by atoms with Gasteiger partial charge in [-0.05, 0) is 31.5 Å². The van der Waals surface area contributed by atoms with E-state index in [1.54, 1.807) is 12.4 Å². The van der Waals surface area contributed by atoms with Crippen LogP contribution in [0.15, 0.2) is 24.5 Å². The van der Waals surface area contributed by atoms with Gasteiger partial charge in [-0.1, -0.05) is 6.07 Å². The van der Waals surface area contributed by atoms with E-state index in [1.807, 2.05) is 19.1 Å². The summed E-state index contributed by atoms with van der Waals surface area (Å²) in [6.45, 7) is 3.78. The summed E-state index contributed by atoms with van der Waals surface area (Å²) >= 11 is 0. The number of hydrogen-bond donors (Lipinski definition) is 2. The molecule has 0 spiro atoms. The van der Waals surface area contributed by atoms with Crippen molar-refractivity contribution in [3.05, 3.63) is 30.1 Å². The van der Waals surface area contributed by atoms with Gasteiger partial charge < -0.3 is 10.6 Å². The quantitative estimate of drug-likeness (QED) is 0.785. The second-order valence-electron chi connectivity index (χ2n) is 4.21. The van der Waals surface area contributed by atoms with Crippen LogP contribution in [0.5, 0.6) is 0 Å². The summed E-state index contributed by atoms with van der Waals surface area (Å²) in [5.41, 5.74) is 0.964. The summed E-state index contributed by atoms with van der Waals surface area (Å²) in [5.74, 6) is -0.0454. The van der Waals surface area contributed by atoms with E-state index in [1.165, 1.54) is 0 Å². The van der Waals surface area contributed by atoms with Crippen molar-refractivity contribution in [3.63, 3.8) is 0 Å². The molecule has 1 aromatic heterocycles. The third-order valence-electron chi connectivity index (χ3n) is 2.98. The number of nitrogens with zero attached hydrogens (tertiary/aromatic N) is 1. The first-order valence-corrected chi connectivity index (χ1v) is 5.68. The Kier molecular flexibility index (Phi) is 3.51. The van der Waals surface area contributed by atoms with Crippen LogP contribution in [0.1, 0.15) is 24.8 Å². The van der Waals surface area contributed by atoms with Gasteiger partial charge in [-0.2, -0.15) is 0 Å². The van der Waals surface area contributed by atoms with Crippen LogP contribution in [0.25, 0.3) is 0 Å². The lowest BCUT2D eigenvalue weighted by molar-refractivity contribution is -0.122. The minimum atomic E-state index is -0.130. The molecule has 0 aromatic carbocycles. The van der Waals surface area contributed by atoms with E-state index in [4.69, 9.17) is 0 Å². The Morgan fingerprint density at radius 2 is 2.56 bits per heavy atom. The average molecular weight is 219 g/mol. The van der Waals surface area contributed by atoms with Crippen molar-refractivity contribution >= 4 is 5.91 Å². The van der Waals surface area contributed by atoms with Crippen LogP contribution in [0, 0.1) is 0 Å². The van der Waals surface area contributed by atoms with Gasteiger partial charge in [0, 0.05) is 25.0 Å². The number of rotatable bonds is 3. The van der Waals surface area contributed by atoms with Crippen molar-refractivity contribution in [1.82, 2.24) is 15.6 Å². The van der Waals surface area contributed by atoms with Gasteiger partial charge in [0.05, 0.1) is 5.92 Å². The maximum absolute atomic E-state index is 11.9. The largest absolute Gasteiger partial charge is 0.352 e.